The van der Waals surface area contributed by atoms with Crippen molar-refractivity contribution in [2.24, 2.45) is 0 Å². The summed E-state index contributed by atoms with van der Waals surface area (Å²) in [5.74, 6) is 8.28. The normalized spacial score (nSPS) is 11.4. The van der Waals surface area contributed by atoms with Crippen molar-refractivity contribution in [1.29, 1.82) is 0 Å². The fourth-order valence-corrected chi connectivity index (χ4v) is 9.48. The van der Waals surface area contributed by atoms with Gasteiger partial charge in [0.2, 0.25) is 0 Å². The number of aromatic nitrogens is 2. The molecule has 0 aliphatic rings. The number of furan rings is 1. The first-order chi connectivity index (χ1) is 22.6. The van der Waals surface area contributed by atoms with E-state index in [9.17, 15) is 0 Å². The number of nitrogens with zero attached hydrogens (tertiary/aromatic N) is 2. The van der Waals surface area contributed by atoms with E-state index in [1.54, 1.807) is 0 Å². The second-order valence-electron chi connectivity index (χ2n) is 13.7. The maximum Gasteiger partial charge on any atom is 0.120 e. The maximum atomic E-state index is 6.26. The van der Waals surface area contributed by atoms with E-state index in [0.717, 1.165) is 44.5 Å². The molecule has 0 N–H and O–H groups in total. The van der Waals surface area contributed by atoms with Gasteiger partial charge in [0.1, 0.15) is 5.58 Å². The molecule has 3 aromatic heterocycles. The first kappa shape index (κ1) is 35.5. The van der Waals surface area contributed by atoms with Crippen LogP contribution in [-0.4, -0.2) is 23.2 Å². The Balaban J connectivity index is 0.000000198. The smallest absolute Gasteiger partial charge is 0.120 e. The maximum absolute atomic E-state index is 6.26. The summed E-state index contributed by atoms with van der Waals surface area (Å²) < 4.78 is 7.78. The SMILES string of the molecule is CC(C)c1cc(-c2[c-]cccc2)nc[c]1[Ge]([CH3])([CH3])[CH3].CC(C)c1ccnc(-c2[c-]ccc3c2oc2ccc(-c4ccccc4)cc23)c1.[Ir]. The Morgan fingerprint density at radius 3 is 2.12 bits per heavy atom. The van der Waals surface area contributed by atoms with Gasteiger partial charge in [-0.1, -0.05) is 72.8 Å². The standard InChI is InChI=1S/C26H20NO.C17H22GeN.Ir/c1-17(2)19-13-14-27-24(16-19)22-10-6-9-21-23-15-20(18-7-4-3-5-8-18)11-12-25(23)28-26(21)22;1-13(2)15-11-17(14-9-7-6-8-10-14)19-12-16(15)18(3,4)5;/h3-9,11-17H,1-2H3;6-9,11-13H,1-5H3;/q2*-1;. The first-order valence-electron chi connectivity index (χ1n) is 16.5. The van der Waals surface area contributed by atoms with Crippen LogP contribution in [-0.2, 0) is 20.1 Å². The number of fused-ring (bicyclic) bond motifs is 3. The van der Waals surface area contributed by atoms with E-state index in [1.807, 2.05) is 36.5 Å². The molecule has 0 bridgehead atoms. The molecule has 48 heavy (non-hydrogen) atoms. The zero-order valence-corrected chi connectivity index (χ0v) is 33.3. The van der Waals surface area contributed by atoms with Gasteiger partial charge in [-0.15, -0.1) is 18.2 Å². The monoisotopic (exact) mass is 869 g/mol. The largest absolute Gasteiger partial charge is 0.501 e. The molecule has 7 aromatic rings. The quantitative estimate of drug-likeness (QED) is 0.123. The fourth-order valence-electron chi connectivity index (χ4n) is 5.96. The average Bonchev–Trinajstić information content (AvgIpc) is 3.47. The van der Waals surface area contributed by atoms with Crippen LogP contribution in [0.5, 0.6) is 0 Å². The van der Waals surface area contributed by atoms with Crippen molar-refractivity contribution in [3.63, 3.8) is 0 Å². The topological polar surface area (TPSA) is 38.9 Å². The van der Waals surface area contributed by atoms with Gasteiger partial charge in [-0.05, 0) is 40.9 Å². The summed E-state index contributed by atoms with van der Waals surface area (Å²) in [5, 5.41) is 2.21. The summed E-state index contributed by atoms with van der Waals surface area (Å²) in [6.07, 6.45) is 3.99. The Labute approximate surface area is 301 Å². The van der Waals surface area contributed by atoms with Gasteiger partial charge < -0.3 is 9.40 Å². The molecule has 0 saturated carbocycles. The van der Waals surface area contributed by atoms with Gasteiger partial charge in [0.15, 0.2) is 0 Å². The summed E-state index contributed by atoms with van der Waals surface area (Å²) in [5.41, 5.74) is 10.8. The van der Waals surface area contributed by atoms with Gasteiger partial charge in [0.05, 0.1) is 5.58 Å². The van der Waals surface area contributed by atoms with Gasteiger partial charge in [-0.25, -0.2) is 0 Å². The van der Waals surface area contributed by atoms with Gasteiger partial charge >= 0.3 is 119 Å². The van der Waals surface area contributed by atoms with Crippen LogP contribution in [0.2, 0.25) is 17.3 Å². The second kappa shape index (κ2) is 15.2. The van der Waals surface area contributed by atoms with E-state index in [-0.39, 0.29) is 20.1 Å². The van der Waals surface area contributed by atoms with Crippen molar-refractivity contribution in [3.8, 4) is 33.6 Å². The molecule has 0 amide bonds. The third-order valence-electron chi connectivity index (χ3n) is 8.60. The van der Waals surface area contributed by atoms with Gasteiger partial charge in [-0.3, -0.25) is 0 Å². The molecular weight excluding hydrogens is 825 g/mol. The van der Waals surface area contributed by atoms with Crippen molar-refractivity contribution in [2.75, 3.05) is 0 Å². The van der Waals surface area contributed by atoms with E-state index >= 15 is 0 Å². The zero-order valence-electron chi connectivity index (χ0n) is 28.8. The Bertz CT molecular complexity index is 2130. The van der Waals surface area contributed by atoms with E-state index in [0.29, 0.717) is 11.8 Å². The Morgan fingerprint density at radius 1 is 0.667 bits per heavy atom. The van der Waals surface area contributed by atoms with Crippen LogP contribution in [0.25, 0.3) is 55.6 Å². The second-order valence-corrected chi connectivity index (χ2v) is 24.3. The summed E-state index contributed by atoms with van der Waals surface area (Å²) in [7, 11) is 0. The van der Waals surface area contributed by atoms with E-state index in [2.05, 4.69) is 146 Å². The summed E-state index contributed by atoms with van der Waals surface area (Å²) in [6.45, 7) is 8.92. The molecule has 3 heterocycles. The molecule has 7 rings (SSSR count). The molecule has 5 heteroatoms. The Hall–Kier alpha value is -3.83. The van der Waals surface area contributed by atoms with Crippen molar-refractivity contribution < 1.29 is 24.5 Å². The predicted molar refractivity (Wildman–Crippen MR) is 201 cm³/mol. The molecular formula is C43H42GeIrN2O-2. The number of hydrogen-bond donors (Lipinski definition) is 0. The average molecular weight is 868 g/mol. The molecule has 0 atom stereocenters. The molecule has 0 aliphatic carbocycles. The number of rotatable bonds is 6. The van der Waals surface area contributed by atoms with Crippen LogP contribution >= 0.6 is 0 Å². The van der Waals surface area contributed by atoms with Crippen molar-refractivity contribution in [3.05, 3.63) is 139 Å². The fraction of sp³-hybridized carbons (Fsp3) is 0.209. The summed E-state index contributed by atoms with van der Waals surface area (Å²) in [6, 6.07) is 42.0. The Kier molecular flexibility index (Phi) is 11.2. The minimum absolute atomic E-state index is 0. The van der Waals surface area contributed by atoms with Crippen LogP contribution in [0, 0.1) is 12.1 Å². The molecule has 0 aliphatic heterocycles. The molecule has 3 nitrogen and oxygen atoms in total. The Morgan fingerprint density at radius 2 is 1.44 bits per heavy atom. The molecule has 0 spiro atoms. The van der Waals surface area contributed by atoms with Crippen molar-refractivity contribution in [2.45, 2.75) is 56.8 Å². The molecule has 0 saturated heterocycles. The predicted octanol–water partition coefficient (Wildman–Crippen LogP) is 11.5. The summed E-state index contributed by atoms with van der Waals surface area (Å²) in [4.78, 5) is 9.26. The van der Waals surface area contributed by atoms with Gasteiger partial charge in [-0.2, -0.15) is 0 Å². The van der Waals surface area contributed by atoms with Crippen LogP contribution in [0.4, 0.5) is 0 Å². The van der Waals surface area contributed by atoms with Crippen LogP contribution in [0.3, 0.4) is 0 Å². The van der Waals surface area contributed by atoms with E-state index in [4.69, 9.17) is 4.42 Å². The summed E-state index contributed by atoms with van der Waals surface area (Å²) >= 11 is -1.85. The number of pyridine rings is 2. The molecule has 0 unspecified atom stereocenters. The van der Waals surface area contributed by atoms with Gasteiger partial charge in [0.25, 0.3) is 0 Å². The molecule has 1 radical (unpaired) electrons. The minimum atomic E-state index is -1.85. The van der Waals surface area contributed by atoms with Crippen LogP contribution < -0.4 is 4.40 Å². The minimum Gasteiger partial charge on any atom is -0.501 e. The van der Waals surface area contributed by atoms with Crippen molar-refractivity contribution in [1.82, 2.24) is 9.97 Å². The van der Waals surface area contributed by atoms with Crippen LogP contribution in [0.1, 0.15) is 50.7 Å². The van der Waals surface area contributed by atoms with Crippen LogP contribution in [0.15, 0.2) is 120 Å². The van der Waals surface area contributed by atoms with E-state index in [1.165, 1.54) is 26.6 Å². The zero-order chi connectivity index (χ0) is 33.1. The third kappa shape index (κ3) is 7.73. The number of benzene rings is 4. The molecule has 4 aromatic carbocycles. The molecule has 0 fully saturated rings. The molecule has 245 valence electrons. The first-order valence-corrected chi connectivity index (χ1v) is 23.8. The van der Waals surface area contributed by atoms with Crippen molar-refractivity contribution >= 4 is 39.6 Å². The number of hydrogen-bond acceptors (Lipinski definition) is 3. The van der Waals surface area contributed by atoms with E-state index < -0.39 is 13.3 Å². The third-order valence-corrected chi connectivity index (χ3v) is 12.9. The van der Waals surface area contributed by atoms with Gasteiger partial charge in [0, 0.05) is 31.7 Å².